The van der Waals surface area contributed by atoms with E-state index >= 15 is 0 Å². The van der Waals surface area contributed by atoms with Gasteiger partial charge in [0.15, 0.2) is 0 Å². The van der Waals surface area contributed by atoms with Gasteiger partial charge in [0.05, 0.1) is 0 Å². The molecule has 1 aromatic carbocycles. The second-order valence-corrected chi connectivity index (χ2v) is 3.47. The Bertz CT molecular complexity index is 320. The van der Waals surface area contributed by atoms with Crippen LogP contribution < -0.4 is 5.73 Å². The molecule has 0 saturated carbocycles. The third kappa shape index (κ3) is 2.96. The predicted octanol–water partition coefficient (Wildman–Crippen LogP) is 3.20. The molecule has 1 aromatic rings. The van der Waals surface area contributed by atoms with Gasteiger partial charge in [-0.05, 0) is 17.5 Å². The van der Waals surface area contributed by atoms with Gasteiger partial charge in [-0.3, -0.25) is 0 Å². The van der Waals surface area contributed by atoms with E-state index in [4.69, 9.17) is 5.73 Å². The Morgan fingerprint density at radius 2 is 1.87 bits per heavy atom. The summed E-state index contributed by atoms with van der Waals surface area (Å²) in [6.07, 6.45) is -2.94. The van der Waals surface area contributed by atoms with E-state index in [1.165, 1.54) is 6.07 Å². The van der Waals surface area contributed by atoms with Crippen molar-refractivity contribution >= 4 is 0 Å². The van der Waals surface area contributed by atoms with Crippen molar-refractivity contribution in [3.8, 4) is 0 Å². The third-order valence-electron chi connectivity index (χ3n) is 2.26. The van der Waals surface area contributed by atoms with Crippen LogP contribution in [0.2, 0.25) is 0 Å². The number of benzene rings is 1. The average molecular weight is 217 g/mol. The van der Waals surface area contributed by atoms with E-state index in [-0.39, 0.29) is 5.56 Å². The zero-order valence-electron chi connectivity index (χ0n) is 8.51. The Hall–Kier alpha value is -1.03. The second-order valence-electron chi connectivity index (χ2n) is 3.47. The largest absolute Gasteiger partial charge is 0.407 e. The molecule has 0 heterocycles. The van der Waals surface area contributed by atoms with Gasteiger partial charge in [-0.1, -0.05) is 37.6 Å². The fourth-order valence-corrected chi connectivity index (χ4v) is 1.51. The summed E-state index contributed by atoms with van der Waals surface area (Å²) in [5.74, 6) is 0. The normalized spacial score (nSPS) is 13.9. The molecule has 1 atom stereocenters. The maximum Gasteiger partial charge on any atom is 0.407 e. The Morgan fingerprint density at radius 1 is 1.27 bits per heavy atom. The van der Waals surface area contributed by atoms with E-state index in [0.29, 0.717) is 12.0 Å². The molecule has 0 bridgehead atoms. The Kier molecular flexibility index (Phi) is 3.74. The van der Waals surface area contributed by atoms with Gasteiger partial charge in [0.1, 0.15) is 6.04 Å². The summed E-state index contributed by atoms with van der Waals surface area (Å²) in [6, 6.07) is 4.59. The van der Waals surface area contributed by atoms with Crippen LogP contribution in [-0.2, 0) is 6.42 Å². The number of nitrogens with two attached hydrogens (primary N) is 1. The highest BCUT2D eigenvalue weighted by Gasteiger charge is 2.38. The second kappa shape index (κ2) is 4.66. The topological polar surface area (TPSA) is 26.0 Å². The molecular weight excluding hydrogens is 203 g/mol. The summed E-state index contributed by atoms with van der Waals surface area (Å²) in [5.41, 5.74) is 6.05. The molecule has 0 aliphatic carbocycles. The lowest BCUT2D eigenvalue weighted by Crippen LogP contribution is -2.29. The van der Waals surface area contributed by atoms with E-state index in [1.807, 2.05) is 6.92 Å². The number of aryl methyl sites for hydroxylation is 1. The molecule has 0 saturated heterocycles. The van der Waals surface area contributed by atoms with Crippen LogP contribution >= 0.6 is 0 Å². The molecule has 0 radical (unpaired) electrons. The summed E-state index contributed by atoms with van der Waals surface area (Å²) >= 11 is 0. The molecule has 0 aromatic heterocycles. The highest BCUT2D eigenvalue weighted by molar-refractivity contribution is 5.30. The summed E-state index contributed by atoms with van der Waals surface area (Å²) in [4.78, 5) is 0. The molecule has 0 unspecified atom stereocenters. The summed E-state index contributed by atoms with van der Waals surface area (Å²) in [5, 5.41) is 0. The van der Waals surface area contributed by atoms with Crippen LogP contribution in [0.25, 0.3) is 0 Å². The van der Waals surface area contributed by atoms with Gasteiger partial charge in [-0.15, -0.1) is 0 Å². The van der Waals surface area contributed by atoms with Crippen LogP contribution in [0.1, 0.15) is 30.5 Å². The molecule has 0 fully saturated rings. The quantitative estimate of drug-likeness (QED) is 0.826. The van der Waals surface area contributed by atoms with Crippen molar-refractivity contribution in [2.45, 2.75) is 32.0 Å². The monoisotopic (exact) mass is 217 g/mol. The third-order valence-corrected chi connectivity index (χ3v) is 2.26. The Labute approximate surface area is 87.1 Å². The Morgan fingerprint density at radius 3 is 2.40 bits per heavy atom. The van der Waals surface area contributed by atoms with Gasteiger partial charge in [0.25, 0.3) is 0 Å². The van der Waals surface area contributed by atoms with Crippen LogP contribution in [0, 0.1) is 0 Å². The molecule has 1 nitrogen and oxygen atoms in total. The number of halogens is 3. The van der Waals surface area contributed by atoms with Crippen LogP contribution in [0.3, 0.4) is 0 Å². The average Bonchev–Trinajstić information content (AvgIpc) is 2.17. The van der Waals surface area contributed by atoms with Crippen molar-refractivity contribution in [1.29, 1.82) is 0 Å². The van der Waals surface area contributed by atoms with Gasteiger partial charge < -0.3 is 5.73 Å². The van der Waals surface area contributed by atoms with E-state index < -0.39 is 12.2 Å². The van der Waals surface area contributed by atoms with Crippen LogP contribution in [0.15, 0.2) is 24.3 Å². The van der Waals surface area contributed by atoms with Gasteiger partial charge in [-0.2, -0.15) is 13.2 Å². The van der Waals surface area contributed by atoms with Gasteiger partial charge >= 0.3 is 6.18 Å². The van der Waals surface area contributed by atoms with Crippen LogP contribution in [0.4, 0.5) is 13.2 Å². The molecule has 0 aliphatic heterocycles. The summed E-state index contributed by atoms with van der Waals surface area (Å²) < 4.78 is 37.3. The van der Waals surface area contributed by atoms with Crippen molar-refractivity contribution in [3.63, 3.8) is 0 Å². The molecule has 0 amide bonds. The minimum Gasteiger partial charge on any atom is -0.316 e. The molecular formula is C11H14F3N. The summed E-state index contributed by atoms with van der Waals surface area (Å²) in [6.45, 7) is 1.93. The van der Waals surface area contributed by atoms with E-state index in [2.05, 4.69) is 0 Å². The molecule has 0 spiro atoms. The molecule has 1 rings (SSSR count). The zero-order chi connectivity index (χ0) is 11.5. The van der Waals surface area contributed by atoms with Crippen molar-refractivity contribution in [2.75, 3.05) is 0 Å². The smallest absolute Gasteiger partial charge is 0.316 e. The minimum absolute atomic E-state index is 0.187. The lowest BCUT2D eigenvalue weighted by molar-refractivity contribution is -0.149. The van der Waals surface area contributed by atoms with Gasteiger partial charge in [-0.25, -0.2) is 0 Å². The fourth-order valence-electron chi connectivity index (χ4n) is 1.51. The molecule has 4 heteroatoms. The lowest BCUT2D eigenvalue weighted by Gasteiger charge is -2.18. The van der Waals surface area contributed by atoms with Crippen molar-refractivity contribution in [3.05, 3.63) is 35.4 Å². The van der Waals surface area contributed by atoms with Crippen molar-refractivity contribution < 1.29 is 13.2 Å². The first-order valence-corrected chi connectivity index (χ1v) is 4.87. The maximum absolute atomic E-state index is 12.4. The summed E-state index contributed by atoms with van der Waals surface area (Å²) in [7, 11) is 0. The highest BCUT2D eigenvalue weighted by atomic mass is 19.4. The van der Waals surface area contributed by atoms with E-state index in [9.17, 15) is 13.2 Å². The standard InChI is InChI=1S/C11H14F3N/c1-2-5-8-6-3-4-7-9(8)10(15)11(12,13)14/h3-4,6-7,10H,2,5,15H2,1H3/t10-/m1/s1. The predicted molar refractivity (Wildman–Crippen MR) is 53.4 cm³/mol. The Balaban J connectivity index is 3.02. The first-order chi connectivity index (χ1) is 6.96. The zero-order valence-corrected chi connectivity index (χ0v) is 8.51. The van der Waals surface area contributed by atoms with Gasteiger partial charge in [0, 0.05) is 0 Å². The fraction of sp³-hybridized carbons (Fsp3) is 0.455. The maximum atomic E-state index is 12.4. The number of rotatable bonds is 3. The lowest BCUT2D eigenvalue weighted by atomic mass is 9.97. The van der Waals surface area contributed by atoms with Crippen LogP contribution in [0.5, 0.6) is 0 Å². The number of hydrogen-bond donors (Lipinski definition) is 1. The SMILES string of the molecule is CCCc1ccccc1[C@@H](N)C(F)(F)F. The van der Waals surface area contributed by atoms with E-state index in [0.717, 1.165) is 6.42 Å². The van der Waals surface area contributed by atoms with Gasteiger partial charge in [0.2, 0.25) is 0 Å². The van der Waals surface area contributed by atoms with Crippen LogP contribution in [-0.4, -0.2) is 6.18 Å². The first-order valence-electron chi connectivity index (χ1n) is 4.87. The molecule has 0 aliphatic rings. The molecule has 15 heavy (non-hydrogen) atoms. The highest BCUT2D eigenvalue weighted by Crippen LogP contribution is 2.32. The first kappa shape index (κ1) is 12.0. The molecule has 84 valence electrons. The minimum atomic E-state index is -4.37. The van der Waals surface area contributed by atoms with Crippen molar-refractivity contribution in [1.82, 2.24) is 0 Å². The number of hydrogen-bond acceptors (Lipinski definition) is 1. The molecule has 2 N–H and O–H groups in total. The number of alkyl halides is 3. The van der Waals surface area contributed by atoms with E-state index in [1.54, 1.807) is 18.2 Å². The van der Waals surface area contributed by atoms with Crippen molar-refractivity contribution in [2.24, 2.45) is 5.73 Å².